The fourth-order valence-corrected chi connectivity index (χ4v) is 3.74. The molecule has 0 unspecified atom stereocenters. The Morgan fingerprint density at radius 2 is 1.62 bits per heavy atom. The molecule has 2 heterocycles. The monoisotopic (exact) mass is 396 g/mol. The number of ether oxygens (including phenoxy) is 4. The van der Waals surface area contributed by atoms with Gasteiger partial charge in [0.25, 0.3) is 0 Å². The molecule has 0 saturated carbocycles. The van der Waals surface area contributed by atoms with E-state index < -0.39 is 0 Å². The van der Waals surface area contributed by atoms with Crippen molar-refractivity contribution in [1.29, 1.82) is 0 Å². The van der Waals surface area contributed by atoms with Gasteiger partial charge in [-0.15, -0.1) is 0 Å². The van der Waals surface area contributed by atoms with Crippen molar-refractivity contribution >= 4 is 22.7 Å². The van der Waals surface area contributed by atoms with Gasteiger partial charge in [0.15, 0.2) is 23.0 Å². The van der Waals surface area contributed by atoms with E-state index in [4.69, 9.17) is 29.7 Å². The molecule has 0 radical (unpaired) electrons. The Morgan fingerprint density at radius 1 is 0.897 bits per heavy atom. The van der Waals surface area contributed by atoms with Crippen LogP contribution < -0.4 is 29.6 Å². The van der Waals surface area contributed by atoms with E-state index in [0.717, 1.165) is 29.7 Å². The molecule has 152 valence electrons. The van der Waals surface area contributed by atoms with Gasteiger partial charge >= 0.3 is 0 Å². The van der Waals surface area contributed by atoms with Crippen molar-refractivity contribution < 1.29 is 18.9 Å². The van der Waals surface area contributed by atoms with E-state index >= 15 is 0 Å². The molecule has 2 N–H and O–H groups in total. The molecule has 4 rings (SSSR count). The number of methoxy groups -OCH3 is 4. The zero-order valence-corrected chi connectivity index (χ0v) is 17.0. The van der Waals surface area contributed by atoms with E-state index in [2.05, 4.69) is 16.0 Å². The second-order valence-corrected chi connectivity index (χ2v) is 6.74. The first-order valence-electron chi connectivity index (χ1n) is 9.26. The van der Waals surface area contributed by atoms with E-state index in [1.165, 1.54) is 5.56 Å². The summed E-state index contributed by atoms with van der Waals surface area (Å²) in [6.07, 6.45) is 0.850. The fourth-order valence-electron chi connectivity index (χ4n) is 3.74. The number of fused-ring (bicyclic) bond motifs is 2. The lowest BCUT2D eigenvalue weighted by molar-refractivity contribution is 0.350. The van der Waals surface area contributed by atoms with Crippen molar-refractivity contribution in [2.75, 3.05) is 45.6 Å². The predicted molar refractivity (Wildman–Crippen MR) is 111 cm³/mol. The Bertz CT molecular complexity index is 1070. The number of hydrogen-bond acceptors (Lipinski definition) is 8. The van der Waals surface area contributed by atoms with Crippen LogP contribution in [-0.4, -0.2) is 45.0 Å². The number of anilines is 2. The van der Waals surface area contributed by atoms with Gasteiger partial charge < -0.3 is 29.6 Å². The zero-order valence-electron chi connectivity index (χ0n) is 17.0. The summed E-state index contributed by atoms with van der Waals surface area (Å²) < 4.78 is 21.8. The first-order chi connectivity index (χ1) is 14.1. The first kappa shape index (κ1) is 18.9. The Morgan fingerprint density at radius 3 is 2.31 bits per heavy atom. The maximum Gasteiger partial charge on any atom is 0.228 e. The van der Waals surface area contributed by atoms with Crippen molar-refractivity contribution in [3.05, 3.63) is 35.4 Å². The van der Waals surface area contributed by atoms with Gasteiger partial charge in [-0.05, 0) is 24.1 Å². The fraction of sp³-hybridized carbons (Fsp3) is 0.333. The van der Waals surface area contributed by atoms with E-state index in [1.807, 2.05) is 12.1 Å². The van der Waals surface area contributed by atoms with Crippen LogP contribution in [0.1, 0.15) is 11.1 Å². The lowest BCUT2D eigenvalue weighted by Gasteiger charge is -2.30. The minimum atomic E-state index is 0.398. The maximum atomic E-state index is 6.26. The molecule has 1 aliphatic rings. The van der Waals surface area contributed by atoms with Crippen LogP contribution in [0.25, 0.3) is 10.9 Å². The van der Waals surface area contributed by atoms with E-state index in [0.29, 0.717) is 41.1 Å². The third-order valence-corrected chi connectivity index (χ3v) is 5.25. The van der Waals surface area contributed by atoms with Gasteiger partial charge in [0, 0.05) is 30.1 Å². The molecule has 0 aliphatic carbocycles. The van der Waals surface area contributed by atoms with Crippen LogP contribution in [0.5, 0.6) is 23.0 Å². The Hall–Kier alpha value is -3.42. The molecule has 0 saturated heterocycles. The highest BCUT2D eigenvalue weighted by atomic mass is 16.5. The van der Waals surface area contributed by atoms with E-state index in [1.54, 1.807) is 34.5 Å². The number of nitrogens with two attached hydrogens (primary N) is 1. The third-order valence-electron chi connectivity index (χ3n) is 5.25. The van der Waals surface area contributed by atoms with Crippen molar-refractivity contribution in [3.8, 4) is 23.0 Å². The number of hydrogen-bond donors (Lipinski definition) is 1. The number of nitrogens with zero attached hydrogens (tertiary/aromatic N) is 3. The topological polar surface area (TPSA) is 92.0 Å². The Kier molecular flexibility index (Phi) is 4.92. The summed E-state index contributed by atoms with van der Waals surface area (Å²) >= 11 is 0. The quantitative estimate of drug-likeness (QED) is 0.704. The molecule has 2 aromatic carbocycles. The van der Waals surface area contributed by atoms with E-state index in [-0.39, 0.29) is 0 Å². The molecule has 0 amide bonds. The number of rotatable bonds is 5. The van der Waals surface area contributed by atoms with Crippen molar-refractivity contribution in [3.63, 3.8) is 0 Å². The maximum absolute atomic E-state index is 6.26. The summed E-state index contributed by atoms with van der Waals surface area (Å²) in [6.45, 7) is 1.38. The summed E-state index contributed by atoms with van der Waals surface area (Å²) in [4.78, 5) is 11.4. The van der Waals surface area contributed by atoms with Crippen molar-refractivity contribution in [2.24, 2.45) is 0 Å². The summed E-state index contributed by atoms with van der Waals surface area (Å²) in [5.41, 5.74) is 9.27. The van der Waals surface area contributed by atoms with Crippen LogP contribution in [0.2, 0.25) is 0 Å². The van der Waals surface area contributed by atoms with Crippen LogP contribution in [-0.2, 0) is 13.0 Å². The van der Waals surface area contributed by atoms with Crippen LogP contribution in [0.3, 0.4) is 0 Å². The molecule has 1 aromatic heterocycles. The number of nitrogen functional groups attached to an aromatic ring is 1. The minimum Gasteiger partial charge on any atom is -0.493 e. The molecule has 1 aliphatic heterocycles. The van der Waals surface area contributed by atoms with Crippen LogP contribution in [0.4, 0.5) is 11.8 Å². The SMILES string of the molecule is COc1cc2nc(N3CCc4ccc(OC)c(OC)c4C3)nc(N)c2cc1OC. The third kappa shape index (κ3) is 3.20. The van der Waals surface area contributed by atoms with Crippen molar-refractivity contribution in [1.82, 2.24) is 9.97 Å². The normalized spacial score (nSPS) is 13.2. The lowest BCUT2D eigenvalue weighted by Crippen LogP contribution is -2.32. The van der Waals surface area contributed by atoms with Crippen LogP contribution in [0.15, 0.2) is 24.3 Å². The van der Waals surface area contributed by atoms with Gasteiger partial charge in [0.2, 0.25) is 5.95 Å². The Labute approximate surface area is 169 Å². The first-order valence-corrected chi connectivity index (χ1v) is 9.26. The van der Waals surface area contributed by atoms with Crippen molar-refractivity contribution in [2.45, 2.75) is 13.0 Å². The molecule has 0 fully saturated rings. The van der Waals surface area contributed by atoms with Gasteiger partial charge in [-0.25, -0.2) is 4.98 Å². The number of benzene rings is 2. The molecule has 0 bridgehead atoms. The summed E-state index contributed by atoms with van der Waals surface area (Å²) in [5.74, 6) is 3.61. The molecule has 29 heavy (non-hydrogen) atoms. The van der Waals surface area contributed by atoms with Crippen LogP contribution >= 0.6 is 0 Å². The predicted octanol–water partition coefficient (Wildman–Crippen LogP) is 2.81. The highest BCUT2D eigenvalue weighted by molar-refractivity contribution is 5.91. The molecule has 0 atom stereocenters. The van der Waals surface area contributed by atoms with Gasteiger partial charge in [-0.1, -0.05) is 6.07 Å². The average molecular weight is 396 g/mol. The smallest absolute Gasteiger partial charge is 0.228 e. The average Bonchev–Trinajstić information content (AvgIpc) is 2.76. The summed E-state index contributed by atoms with van der Waals surface area (Å²) in [6, 6.07) is 7.64. The molecule has 8 heteroatoms. The highest BCUT2D eigenvalue weighted by Crippen LogP contribution is 2.38. The summed E-state index contributed by atoms with van der Waals surface area (Å²) in [5, 5.41) is 0.725. The standard InChI is InChI=1S/C21H24N4O4/c1-26-16-6-5-12-7-8-25(11-14(12)19(16)29-4)21-23-15-10-18(28-3)17(27-2)9-13(15)20(22)24-21/h5-6,9-10H,7-8,11H2,1-4H3,(H2,22,23,24). The second kappa shape index (κ2) is 7.54. The number of aromatic nitrogens is 2. The molecule has 8 nitrogen and oxygen atoms in total. The summed E-state index contributed by atoms with van der Waals surface area (Å²) in [7, 11) is 6.47. The van der Waals surface area contributed by atoms with Gasteiger partial charge in [0.05, 0.1) is 34.0 Å². The van der Waals surface area contributed by atoms with Gasteiger partial charge in [-0.3, -0.25) is 0 Å². The van der Waals surface area contributed by atoms with Gasteiger partial charge in [-0.2, -0.15) is 4.98 Å². The lowest BCUT2D eigenvalue weighted by atomic mass is 9.98. The second-order valence-electron chi connectivity index (χ2n) is 6.74. The molecule has 3 aromatic rings. The molecule has 0 spiro atoms. The van der Waals surface area contributed by atoms with E-state index in [9.17, 15) is 0 Å². The van der Waals surface area contributed by atoms with Gasteiger partial charge in [0.1, 0.15) is 5.82 Å². The Balaban J connectivity index is 1.76. The largest absolute Gasteiger partial charge is 0.493 e. The minimum absolute atomic E-state index is 0.398. The zero-order chi connectivity index (χ0) is 20.5. The molecular formula is C21H24N4O4. The highest BCUT2D eigenvalue weighted by Gasteiger charge is 2.25. The molecular weight excluding hydrogens is 372 g/mol. The van der Waals surface area contributed by atoms with Crippen LogP contribution in [0, 0.1) is 0 Å².